The second-order valence-corrected chi connectivity index (χ2v) is 5.43. The summed E-state index contributed by atoms with van der Waals surface area (Å²) in [6.45, 7) is 1.78. The van der Waals surface area contributed by atoms with E-state index in [9.17, 15) is 23.1 Å². The Labute approximate surface area is 140 Å². The molecule has 1 N–H and O–H groups in total. The van der Waals surface area contributed by atoms with Crippen LogP contribution in [0.15, 0.2) is 48.9 Å². The number of ketones is 1. The molecular formula is C17H12F3N3O2. The molecular weight excluding hydrogens is 335 g/mol. The predicted octanol–water partition coefficient (Wildman–Crippen LogP) is 3.53. The molecule has 0 radical (unpaired) electrons. The Morgan fingerprint density at radius 3 is 2.56 bits per heavy atom. The third-order valence-corrected chi connectivity index (χ3v) is 3.55. The molecule has 0 aliphatic heterocycles. The number of benzene rings is 1. The SMILES string of the molecule is Cc1ccc(O)c(C(=O)c2cnn(-c3ccc(C(F)(F)F)cn3)c2)c1. The fourth-order valence-electron chi connectivity index (χ4n) is 2.24. The van der Waals surface area contributed by atoms with E-state index in [4.69, 9.17) is 0 Å². The maximum Gasteiger partial charge on any atom is 0.417 e. The van der Waals surface area contributed by atoms with Gasteiger partial charge >= 0.3 is 6.18 Å². The summed E-state index contributed by atoms with van der Waals surface area (Å²) in [4.78, 5) is 16.2. The summed E-state index contributed by atoms with van der Waals surface area (Å²) in [5.41, 5.74) is 0.241. The van der Waals surface area contributed by atoms with Crippen molar-refractivity contribution in [3.05, 3.63) is 71.2 Å². The first-order chi connectivity index (χ1) is 11.8. The van der Waals surface area contributed by atoms with Crippen molar-refractivity contribution in [3.63, 3.8) is 0 Å². The van der Waals surface area contributed by atoms with Gasteiger partial charge in [0.15, 0.2) is 11.6 Å². The van der Waals surface area contributed by atoms with Gasteiger partial charge in [-0.1, -0.05) is 11.6 Å². The highest BCUT2D eigenvalue weighted by Crippen LogP contribution is 2.28. The monoisotopic (exact) mass is 347 g/mol. The number of rotatable bonds is 3. The number of aryl methyl sites for hydroxylation is 1. The van der Waals surface area contributed by atoms with E-state index in [0.29, 0.717) is 6.20 Å². The zero-order valence-electron chi connectivity index (χ0n) is 12.9. The van der Waals surface area contributed by atoms with Crippen LogP contribution in [0, 0.1) is 6.92 Å². The van der Waals surface area contributed by atoms with Gasteiger partial charge in [-0.15, -0.1) is 0 Å². The lowest BCUT2D eigenvalue weighted by Crippen LogP contribution is -2.07. The van der Waals surface area contributed by atoms with Gasteiger partial charge in [0.1, 0.15) is 5.75 Å². The molecule has 0 spiro atoms. The Bertz CT molecular complexity index is 931. The minimum atomic E-state index is -4.47. The lowest BCUT2D eigenvalue weighted by Gasteiger charge is -2.06. The molecule has 2 heterocycles. The van der Waals surface area contributed by atoms with Crippen LogP contribution in [0.25, 0.3) is 5.82 Å². The predicted molar refractivity (Wildman–Crippen MR) is 82.6 cm³/mol. The van der Waals surface area contributed by atoms with Crippen LogP contribution in [0.5, 0.6) is 5.75 Å². The van der Waals surface area contributed by atoms with Gasteiger partial charge < -0.3 is 5.11 Å². The lowest BCUT2D eigenvalue weighted by molar-refractivity contribution is -0.137. The minimum Gasteiger partial charge on any atom is -0.507 e. The zero-order valence-corrected chi connectivity index (χ0v) is 12.9. The molecule has 25 heavy (non-hydrogen) atoms. The first-order valence-corrected chi connectivity index (χ1v) is 7.18. The summed E-state index contributed by atoms with van der Waals surface area (Å²) in [6.07, 6.45) is -1.16. The Hall–Kier alpha value is -3.16. The minimum absolute atomic E-state index is 0.125. The molecule has 0 saturated heterocycles. The highest BCUT2D eigenvalue weighted by molar-refractivity contribution is 6.10. The van der Waals surface area contributed by atoms with E-state index in [2.05, 4.69) is 10.1 Å². The summed E-state index contributed by atoms with van der Waals surface area (Å²) < 4.78 is 38.9. The number of aromatic hydroxyl groups is 1. The van der Waals surface area contributed by atoms with Crippen LogP contribution in [-0.2, 0) is 6.18 Å². The van der Waals surface area contributed by atoms with Gasteiger partial charge in [0, 0.05) is 12.4 Å². The number of aromatic nitrogens is 3. The van der Waals surface area contributed by atoms with Gasteiger partial charge in [0.05, 0.1) is 22.9 Å². The molecule has 0 atom stereocenters. The largest absolute Gasteiger partial charge is 0.507 e. The number of pyridine rings is 1. The molecule has 1 aromatic carbocycles. The number of alkyl halides is 3. The van der Waals surface area contributed by atoms with Crippen LogP contribution in [0.1, 0.15) is 27.0 Å². The average molecular weight is 347 g/mol. The highest BCUT2D eigenvalue weighted by atomic mass is 19.4. The lowest BCUT2D eigenvalue weighted by atomic mass is 10.0. The van der Waals surface area contributed by atoms with Crippen molar-refractivity contribution in [2.75, 3.05) is 0 Å². The number of nitrogens with zero attached hydrogens (tertiary/aromatic N) is 3. The average Bonchev–Trinajstić information content (AvgIpc) is 3.06. The van der Waals surface area contributed by atoms with Gasteiger partial charge in [-0.05, 0) is 31.2 Å². The van der Waals surface area contributed by atoms with E-state index in [0.717, 1.165) is 17.7 Å². The molecule has 3 aromatic rings. The van der Waals surface area contributed by atoms with Crippen LogP contribution in [0.4, 0.5) is 13.2 Å². The van der Waals surface area contributed by atoms with Gasteiger partial charge in [-0.25, -0.2) is 9.67 Å². The quantitative estimate of drug-likeness (QED) is 0.736. The summed E-state index contributed by atoms with van der Waals surface area (Å²) in [6, 6.07) is 6.68. The summed E-state index contributed by atoms with van der Waals surface area (Å²) in [5.74, 6) is -0.462. The molecule has 0 aliphatic rings. The standard InChI is InChI=1S/C17H12F3N3O2/c1-10-2-4-14(24)13(6-10)16(25)11-7-22-23(9-11)15-5-3-12(8-21-15)17(18,19)20/h2-9,24H,1H3. The van der Waals surface area contributed by atoms with Crippen molar-refractivity contribution in [3.8, 4) is 11.6 Å². The Morgan fingerprint density at radius 1 is 1.16 bits per heavy atom. The smallest absolute Gasteiger partial charge is 0.417 e. The number of hydrogen-bond acceptors (Lipinski definition) is 4. The molecule has 8 heteroatoms. The third-order valence-electron chi connectivity index (χ3n) is 3.55. The van der Waals surface area contributed by atoms with Crippen LogP contribution in [0.2, 0.25) is 0 Å². The number of hydrogen-bond donors (Lipinski definition) is 1. The number of carbonyl (C=O) groups excluding carboxylic acids is 1. The van der Waals surface area contributed by atoms with Crippen LogP contribution in [0.3, 0.4) is 0 Å². The number of phenolic OH excluding ortho intramolecular Hbond substituents is 1. The van der Waals surface area contributed by atoms with Crippen molar-refractivity contribution in [2.24, 2.45) is 0 Å². The van der Waals surface area contributed by atoms with Crippen molar-refractivity contribution >= 4 is 5.78 Å². The van der Waals surface area contributed by atoms with E-state index in [-0.39, 0.29) is 22.7 Å². The number of phenols is 1. The van der Waals surface area contributed by atoms with Crippen molar-refractivity contribution < 1.29 is 23.1 Å². The summed E-state index contributed by atoms with van der Waals surface area (Å²) in [7, 11) is 0. The Kier molecular flexibility index (Phi) is 4.03. The van der Waals surface area contributed by atoms with Crippen molar-refractivity contribution in [1.29, 1.82) is 0 Å². The van der Waals surface area contributed by atoms with E-state index in [1.165, 1.54) is 23.1 Å². The molecule has 5 nitrogen and oxygen atoms in total. The molecule has 128 valence electrons. The molecule has 0 saturated carbocycles. The normalized spacial score (nSPS) is 11.5. The second kappa shape index (κ2) is 6.04. The molecule has 0 bridgehead atoms. The molecule has 0 fully saturated rings. The maximum atomic E-state index is 12.6. The maximum absolute atomic E-state index is 12.6. The molecule has 3 rings (SSSR count). The topological polar surface area (TPSA) is 68.0 Å². The van der Waals surface area contributed by atoms with Gasteiger partial charge in [0.2, 0.25) is 0 Å². The fraction of sp³-hybridized carbons (Fsp3) is 0.118. The zero-order chi connectivity index (χ0) is 18.2. The van der Waals surface area contributed by atoms with Crippen LogP contribution < -0.4 is 0 Å². The van der Waals surface area contributed by atoms with Gasteiger partial charge in [0.25, 0.3) is 0 Å². The first-order valence-electron chi connectivity index (χ1n) is 7.18. The van der Waals surface area contributed by atoms with Crippen LogP contribution in [-0.4, -0.2) is 25.7 Å². The number of halogens is 3. The Balaban J connectivity index is 1.90. The molecule has 0 aliphatic carbocycles. The van der Waals surface area contributed by atoms with E-state index in [1.54, 1.807) is 19.1 Å². The van der Waals surface area contributed by atoms with Gasteiger partial charge in [-0.3, -0.25) is 4.79 Å². The number of carbonyl (C=O) groups is 1. The fourth-order valence-corrected chi connectivity index (χ4v) is 2.24. The summed E-state index contributed by atoms with van der Waals surface area (Å²) >= 11 is 0. The first kappa shape index (κ1) is 16.7. The van der Waals surface area contributed by atoms with E-state index in [1.807, 2.05) is 0 Å². The third kappa shape index (κ3) is 3.37. The highest BCUT2D eigenvalue weighted by Gasteiger charge is 2.30. The van der Waals surface area contributed by atoms with Crippen molar-refractivity contribution in [1.82, 2.24) is 14.8 Å². The Morgan fingerprint density at radius 2 is 1.92 bits per heavy atom. The van der Waals surface area contributed by atoms with Gasteiger partial charge in [-0.2, -0.15) is 18.3 Å². The summed E-state index contributed by atoms with van der Waals surface area (Å²) in [5, 5.41) is 13.8. The second-order valence-electron chi connectivity index (χ2n) is 5.43. The molecule has 0 amide bonds. The molecule has 0 unspecified atom stereocenters. The van der Waals surface area contributed by atoms with Crippen molar-refractivity contribution in [2.45, 2.75) is 13.1 Å². The van der Waals surface area contributed by atoms with E-state index < -0.39 is 17.5 Å². The van der Waals surface area contributed by atoms with Crippen LogP contribution >= 0.6 is 0 Å². The molecule has 2 aromatic heterocycles. The van der Waals surface area contributed by atoms with E-state index >= 15 is 0 Å².